The first-order valence-electron chi connectivity index (χ1n) is 10.2. The molecule has 1 fully saturated rings. The number of carbonyl (C=O) groups is 1. The van der Waals surface area contributed by atoms with Crippen molar-refractivity contribution in [1.82, 2.24) is 9.88 Å². The third kappa shape index (κ3) is 5.14. The van der Waals surface area contributed by atoms with Crippen LogP contribution in [0.25, 0.3) is 10.2 Å². The van der Waals surface area contributed by atoms with Gasteiger partial charge in [0.05, 0.1) is 22.7 Å². The van der Waals surface area contributed by atoms with Gasteiger partial charge in [0.25, 0.3) is 5.19 Å². The van der Waals surface area contributed by atoms with Crippen LogP contribution in [0.2, 0.25) is 0 Å². The van der Waals surface area contributed by atoms with Crippen molar-refractivity contribution < 1.29 is 14.3 Å². The maximum Gasteiger partial charge on any atom is 0.309 e. The van der Waals surface area contributed by atoms with Crippen molar-refractivity contribution in [3.05, 3.63) is 54.1 Å². The number of para-hydroxylation sites is 1. The smallest absolute Gasteiger partial charge is 0.309 e. The first kappa shape index (κ1) is 19.9. The molecule has 1 saturated heterocycles. The maximum absolute atomic E-state index is 11.8. The summed E-state index contributed by atoms with van der Waals surface area (Å²) in [6.07, 6.45) is 2.78. The number of nitrogens with zero attached hydrogens (tertiary/aromatic N) is 2. The van der Waals surface area contributed by atoms with Crippen molar-refractivity contribution in [2.75, 3.05) is 26.2 Å². The van der Waals surface area contributed by atoms with Gasteiger partial charge in [-0.05, 0) is 69.1 Å². The third-order valence-electron chi connectivity index (χ3n) is 5.33. The summed E-state index contributed by atoms with van der Waals surface area (Å²) < 4.78 is 12.2. The molecule has 0 radical (unpaired) electrons. The number of hydrogen-bond acceptors (Lipinski definition) is 6. The average molecular weight is 411 g/mol. The van der Waals surface area contributed by atoms with E-state index in [2.05, 4.69) is 28.1 Å². The second-order valence-corrected chi connectivity index (χ2v) is 8.30. The maximum atomic E-state index is 11.8. The Bertz CT molecular complexity index is 913. The van der Waals surface area contributed by atoms with Crippen molar-refractivity contribution in [2.24, 2.45) is 5.92 Å². The number of fused-ring (bicyclic) bond motifs is 1. The number of piperidine rings is 1. The third-order valence-corrected chi connectivity index (χ3v) is 6.24. The molecular weight excluding hydrogens is 384 g/mol. The molecule has 152 valence electrons. The molecular formula is C23H26N2O3S. The highest BCUT2D eigenvalue weighted by Gasteiger charge is 2.25. The lowest BCUT2D eigenvalue weighted by Crippen LogP contribution is -2.38. The Morgan fingerprint density at radius 3 is 2.62 bits per heavy atom. The zero-order valence-electron chi connectivity index (χ0n) is 16.7. The molecule has 1 aliphatic rings. The molecule has 0 spiro atoms. The minimum absolute atomic E-state index is 0.0316. The predicted octanol–water partition coefficient (Wildman–Crippen LogP) is 4.91. The van der Waals surface area contributed by atoms with Gasteiger partial charge in [-0.25, -0.2) is 4.98 Å². The molecule has 0 N–H and O–H groups in total. The first-order chi connectivity index (χ1) is 14.2. The van der Waals surface area contributed by atoms with Gasteiger partial charge in [-0.2, -0.15) is 0 Å². The van der Waals surface area contributed by atoms with Gasteiger partial charge in [-0.3, -0.25) is 4.79 Å². The molecule has 0 bridgehead atoms. The highest BCUT2D eigenvalue weighted by molar-refractivity contribution is 7.20. The fraction of sp³-hybridized carbons (Fsp3) is 0.391. The molecule has 0 aliphatic carbocycles. The van der Waals surface area contributed by atoms with Crippen LogP contribution in [-0.4, -0.2) is 42.1 Å². The minimum atomic E-state index is -0.0316. The Morgan fingerprint density at radius 1 is 1.14 bits per heavy atom. The molecule has 0 amide bonds. The van der Waals surface area contributed by atoms with Gasteiger partial charge in [-0.15, -0.1) is 0 Å². The fourth-order valence-electron chi connectivity index (χ4n) is 3.66. The van der Waals surface area contributed by atoms with Crippen LogP contribution in [0.4, 0.5) is 0 Å². The van der Waals surface area contributed by atoms with Crippen LogP contribution in [0.15, 0.2) is 48.5 Å². The van der Waals surface area contributed by atoms with Crippen LogP contribution in [-0.2, 0) is 16.0 Å². The second-order valence-electron chi connectivity index (χ2n) is 7.31. The molecule has 0 unspecified atom stereocenters. The summed E-state index contributed by atoms with van der Waals surface area (Å²) in [6.45, 7) is 5.26. The summed E-state index contributed by atoms with van der Waals surface area (Å²) in [5.41, 5.74) is 2.25. The lowest BCUT2D eigenvalue weighted by atomic mass is 9.96. The Labute approximate surface area is 175 Å². The fourth-order valence-corrected chi connectivity index (χ4v) is 4.49. The van der Waals surface area contributed by atoms with Crippen molar-refractivity contribution in [3.63, 3.8) is 0 Å². The molecule has 5 nitrogen and oxygen atoms in total. The van der Waals surface area contributed by atoms with Gasteiger partial charge in [0.15, 0.2) is 0 Å². The number of aromatic nitrogens is 1. The number of rotatable bonds is 7. The number of thiazole rings is 1. The molecule has 0 saturated carbocycles. The Morgan fingerprint density at radius 2 is 1.90 bits per heavy atom. The number of benzene rings is 2. The predicted molar refractivity (Wildman–Crippen MR) is 116 cm³/mol. The van der Waals surface area contributed by atoms with Gasteiger partial charge in [0, 0.05) is 6.54 Å². The van der Waals surface area contributed by atoms with E-state index in [4.69, 9.17) is 9.47 Å². The number of likely N-dealkylation sites (tertiary alicyclic amines) is 1. The van der Waals surface area contributed by atoms with E-state index in [9.17, 15) is 4.79 Å². The highest BCUT2D eigenvalue weighted by Crippen LogP contribution is 2.31. The summed E-state index contributed by atoms with van der Waals surface area (Å²) in [5.74, 6) is 0.851. The number of carbonyl (C=O) groups excluding carboxylic acids is 1. The molecule has 3 aromatic rings. The zero-order chi connectivity index (χ0) is 20.1. The van der Waals surface area contributed by atoms with Crippen LogP contribution < -0.4 is 4.74 Å². The average Bonchev–Trinajstić information content (AvgIpc) is 3.16. The van der Waals surface area contributed by atoms with E-state index in [1.165, 1.54) is 5.56 Å². The van der Waals surface area contributed by atoms with Crippen LogP contribution in [0, 0.1) is 5.92 Å². The highest BCUT2D eigenvalue weighted by atomic mass is 32.1. The molecule has 1 aromatic heterocycles. The number of hydrogen-bond donors (Lipinski definition) is 0. The van der Waals surface area contributed by atoms with E-state index in [0.717, 1.165) is 54.9 Å². The standard InChI is InChI=1S/C23H26N2O3S/c1-2-27-22(26)18-12-15-25(16-13-18)14-11-17-7-9-19(10-8-17)28-23-24-20-5-3-4-6-21(20)29-23/h3-10,18H,2,11-16H2,1H3. The van der Waals surface area contributed by atoms with E-state index in [-0.39, 0.29) is 11.9 Å². The lowest BCUT2D eigenvalue weighted by molar-refractivity contribution is -0.149. The van der Waals surface area contributed by atoms with Crippen molar-refractivity contribution in [3.8, 4) is 10.9 Å². The minimum Gasteiger partial charge on any atom is -0.466 e. The summed E-state index contributed by atoms with van der Waals surface area (Å²) in [7, 11) is 0. The molecule has 0 atom stereocenters. The Kier molecular flexibility index (Phi) is 6.42. The van der Waals surface area contributed by atoms with Gasteiger partial charge in [0.2, 0.25) is 0 Å². The van der Waals surface area contributed by atoms with Crippen LogP contribution in [0.1, 0.15) is 25.3 Å². The first-order valence-corrected chi connectivity index (χ1v) is 11.0. The molecule has 6 heteroatoms. The SMILES string of the molecule is CCOC(=O)C1CCN(CCc2ccc(Oc3nc4ccccc4s3)cc2)CC1. The molecule has 29 heavy (non-hydrogen) atoms. The second kappa shape index (κ2) is 9.37. The normalized spacial score (nSPS) is 15.5. The van der Waals surface area contributed by atoms with E-state index < -0.39 is 0 Å². The van der Waals surface area contributed by atoms with Gasteiger partial charge in [-0.1, -0.05) is 35.6 Å². The quantitative estimate of drug-likeness (QED) is 0.518. The summed E-state index contributed by atoms with van der Waals surface area (Å²) in [5, 5.41) is 0.670. The van der Waals surface area contributed by atoms with Gasteiger partial charge in [0.1, 0.15) is 5.75 Å². The monoisotopic (exact) mass is 410 g/mol. The van der Waals surface area contributed by atoms with E-state index >= 15 is 0 Å². The van der Waals surface area contributed by atoms with Gasteiger partial charge < -0.3 is 14.4 Å². The summed E-state index contributed by atoms with van der Waals surface area (Å²) in [6, 6.07) is 16.3. The summed E-state index contributed by atoms with van der Waals surface area (Å²) in [4.78, 5) is 18.8. The lowest BCUT2D eigenvalue weighted by Gasteiger charge is -2.30. The molecule has 4 rings (SSSR count). The van der Waals surface area contributed by atoms with Gasteiger partial charge >= 0.3 is 5.97 Å². The Hall–Kier alpha value is -2.44. The van der Waals surface area contributed by atoms with Crippen molar-refractivity contribution >= 4 is 27.5 Å². The summed E-state index contributed by atoms with van der Waals surface area (Å²) >= 11 is 1.56. The van der Waals surface area contributed by atoms with Crippen LogP contribution >= 0.6 is 11.3 Å². The largest absolute Gasteiger partial charge is 0.466 e. The van der Waals surface area contributed by atoms with E-state index in [1.807, 2.05) is 37.3 Å². The van der Waals surface area contributed by atoms with Crippen LogP contribution in [0.3, 0.4) is 0 Å². The van der Waals surface area contributed by atoms with Crippen LogP contribution in [0.5, 0.6) is 10.9 Å². The zero-order valence-corrected chi connectivity index (χ0v) is 17.5. The number of esters is 1. The topological polar surface area (TPSA) is 51.7 Å². The van der Waals surface area contributed by atoms with Crippen molar-refractivity contribution in [1.29, 1.82) is 0 Å². The molecule has 2 heterocycles. The van der Waals surface area contributed by atoms with E-state index in [0.29, 0.717) is 11.8 Å². The number of ether oxygens (including phenoxy) is 2. The Balaban J connectivity index is 1.25. The molecule has 1 aliphatic heterocycles. The van der Waals surface area contributed by atoms with Crippen molar-refractivity contribution in [2.45, 2.75) is 26.2 Å². The molecule has 2 aromatic carbocycles. The van der Waals surface area contributed by atoms with E-state index in [1.54, 1.807) is 11.3 Å².